The molecule has 2 saturated carbocycles. The van der Waals surface area contributed by atoms with Gasteiger partial charge in [-0.2, -0.15) is 0 Å². The maximum absolute atomic E-state index is 12.6. The van der Waals surface area contributed by atoms with Gasteiger partial charge in [0.1, 0.15) is 18.3 Å². The predicted octanol–water partition coefficient (Wildman–Crippen LogP) is 2.10. The second-order valence-electron chi connectivity index (χ2n) is 8.45. The summed E-state index contributed by atoms with van der Waals surface area (Å²) in [6, 6.07) is 0. The van der Waals surface area contributed by atoms with Gasteiger partial charge < -0.3 is 19.3 Å². The smallest absolute Gasteiger partial charge is 0.333 e. The van der Waals surface area contributed by atoms with Crippen LogP contribution in [0.25, 0.3) is 0 Å². The summed E-state index contributed by atoms with van der Waals surface area (Å²) in [5.41, 5.74) is 0.324. The molecule has 0 spiro atoms. The molecule has 2 aliphatic carbocycles. The number of esters is 3. The van der Waals surface area contributed by atoms with Crippen LogP contribution in [0.2, 0.25) is 0 Å². The summed E-state index contributed by atoms with van der Waals surface area (Å²) in [7, 11) is 0. The van der Waals surface area contributed by atoms with Crippen LogP contribution in [0.3, 0.4) is 0 Å². The Kier molecular flexibility index (Phi) is 6.00. The molecule has 1 N–H and O–H groups in total. The molecule has 1 saturated heterocycles. The molecule has 3 fully saturated rings. The zero-order valence-electron chi connectivity index (χ0n) is 17.0. The molecule has 0 aromatic carbocycles. The minimum atomic E-state index is -1.04. The lowest BCUT2D eigenvalue weighted by molar-refractivity contribution is -0.168. The lowest BCUT2D eigenvalue weighted by atomic mass is 9.78. The van der Waals surface area contributed by atoms with E-state index >= 15 is 0 Å². The highest BCUT2D eigenvalue weighted by Crippen LogP contribution is 2.58. The van der Waals surface area contributed by atoms with Crippen molar-refractivity contribution in [2.45, 2.75) is 64.8 Å². The number of ether oxygens (including phenoxy) is 3. The van der Waals surface area contributed by atoms with Crippen molar-refractivity contribution in [3.63, 3.8) is 0 Å². The maximum atomic E-state index is 12.6. The molecule has 8 atom stereocenters. The highest BCUT2D eigenvalue weighted by atomic mass is 16.6. The fraction of sp³-hybridized carbons (Fsp3) is 0.714. The van der Waals surface area contributed by atoms with Gasteiger partial charge in [-0.25, -0.2) is 4.79 Å². The SMILES string of the molecule is C=C(C)C(=O)OC(CC)CCC(C)C(=O)OC1C2CC3C1OC(=O)C3C2C(=O)O. The van der Waals surface area contributed by atoms with Crippen molar-refractivity contribution in [3.8, 4) is 0 Å². The summed E-state index contributed by atoms with van der Waals surface area (Å²) in [6.07, 6.45) is 0.542. The molecule has 8 nitrogen and oxygen atoms in total. The van der Waals surface area contributed by atoms with Gasteiger partial charge in [-0.15, -0.1) is 0 Å². The lowest BCUT2D eigenvalue weighted by Gasteiger charge is -2.30. The minimum absolute atomic E-state index is 0.187. The molecule has 8 unspecified atom stereocenters. The molecular formula is C21H28O8. The summed E-state index contributed by atoms with van der Waals surface area (Å²) < 4.78 is 16.3. The quantitative estimate of drug-likeness (QED) is 0.350. The number of carboxylic acids is 1. The monoisotopic (exact) mass is 408 g/mol. The van der Waals surface area contributed by atoms with Crippen LogP contribution in [-0.4, -0.2) is 47.3 Å². The molecule has 3 aliphatic rings. The number of fused-ring (bicyclic) bond motifs is 1. The van der Waals surface area contributed by atoms with Gasteiger partial charge in [0.15, 0.2) is 0 Å². The van der Waals surface area contributed by atoms with Gasteiger partial charge in [-0.3, -0.25) is 14.4 Å². The van der Waals surface area contributed by atoms with Crippen molar-refractivity contribution in [3.05, 3.63) is 12.2 Å². The van der Waals surface area contributed by atoms with Crippen molar-refractivity contribution in [1.82, 2.24) is 0 Å². The Hall–Kier alpha value is -2.38. The molecule has 0 amide bonds. The topological polar surface area (TPSA) is 116 Å². The van der Waals surface area contributed by atoms with E-state index in [1.807, 2.05) is 6.92 Å². The largest absolute Gasteiger partial charge is 0.481 e. The Labute approximate surface area is 169 Å². The maximum Gasteiger partial charge on any atom is 0.333 e. The number of aliphatic carboxylic acids is 1. The zero-order chi connectivity index (χ0) is 21.5. The summed E-state index contributed by atoms with van der Waals surface area (Å²) in [6.45, 7) is 8.75. The molecule has 2 bridgehead atoms. The van der Waals surface area contributed by atoms with E-state index < -0.39 is 59.8 Å². The molecular weight excluding hydrogens is 380 g/mol. The third-order valence-electron chi connectivity index (χ3n) is 6.48. The van der Waals surface area contributed by atoms with Gasteiger partial charge in [0.25, 0.3) is 0 Å². The Morgan fingerprint density at radius 3 is 2.55 bits per heavy atom. The average molecular weight is 408 g/mol. The van der Waals surface area contributed by atoms with Crippen molar-refractivity contribution in [2.24, 2.45) is 29.6 Å². The van der Waals surface area contributed by atoms with Crippen LogP contribution in [0, 0.1) is 29.6 Å². The van der Waals surface area contributed by atoms with Crippen molar-refractivity contribution < 1.29 is 38.5 Å². The standard InChI is InChI=1S/C21H28O8/c1-5-11(27-19(24)9(2)3)7-6-10(4)20(25)28-16-12-8-13-15(14(12)18(22)23)21(26)29-17(13)16/h10-17H,2,5-8H2,1,3-4H3,(H,22,23). The van der Waals surface area contributed by atoms with Gasteiger partial charge in [0.2, 0.25) is 0 Å². The molecule has 1 heterocycles. The number of carbonyl (C=O) groups is 4. The lowest BCUT2D eigenvalue weighted by Crippen LogP contribution is -2.43. The Morgan fingerprint density at radius 1 is 1.28 bits per heavy atom. The molecule has 160 valence electrons. The number of rotatable bonds is 9. The van der Waals surface area contributed by atoms with Gasteiger partial charge in [-0.1, -0.05) is 20.4 Å². The number of carbonyl (C=O) groups excluding carboxylic acids is 3. The van der Waals surface area contributed by atoms with Crippen molar-refractivity contribution in [1.29, 1.82) is 0 Å². The molecule has 0 aromatic rings. The summed E-state index contributed by atoms with van der Waals surface area (Å²) in [4.78, 5) is 48.0. The first-order chi connectivity index (χ1) is 13.6. The number of hydrogen-bond donors (Lipinski definition) is 1. The molecule has 0 radical (unpaired) electrons. The normalized spacial score (nSPS) is 33.7. The van der Waals surface area contributed by atoms with E-state index in [0.29, 0.717) is 31.3 Å². The van der Waals surface area contributed by atoms with E-state index in [-0.39, 0.29) is 12.0 Å². The Morgan fingerprint density at radius 2 is 1.97 bits per heavy atom. The van der Waals surface area contributed by atoms with Crippen LogP contribution in [0.15, 0.2) is 12.2 Å². The molecule has 8 heteroatoms. The Balaban J connectivity index is 1.56. The van der Waals surface area contributed by atoms with E-state index in [2.05, 4.69) is 6.58 Å². The zero-order valence-corrected chi connectivity index (χ0v) is 17.0. The fourth-order valence-electron chi connectivity index (χ4n) is 4.89. The highest BCUT2D eigenvalue weighted by Gasteiger charge is 2.70. The van der Waals surface area contributed by atoms with Crippen LogP contribution in [0.1, 0.15) is 46.5 Å². The summed E-state index contributed by atoms with van der Waals surface area (Å²) >= 11 is 0. The Bertz CT molecular complexity index is 728. The van der Waals surface area contributed by atoms with Crippen LogP contribution in [0.4, 0.5) is 0 Å². The van der Waals surface area contributed by atoms with Gasteiger partial charge in [0, 0.05) is 17.4 Å². The third kappa shape index (κ3) is 3.89. The van der Waals surface area contributed by atoms with Crippen LogP contribution >= 0.6 is 0 Å². The van der Waals surface area contributed by atoms with E-state index in [1.165, 1.54) is 0 Å². The number of hydrogen-bond acceptors (Lipinski definition) is 7. The van der Waals surface area contributed by atoms with Gasteiger partial charge in [-0.05, 0) is 32.6 Å². The van der Waals surface area contributed by atoms with Gasteiger partial charge >= 0.3 is 23.9 Å². The molecule has 1 aliphatic heterocycles. The number of carboxylic acid groups (broad SMARTS) is 1. The average Bonchev–Trinajstić information content (AvgIpc) is 3.27. The molecule has 29 heavy (non-hydrogen) atoms. The minimum Gasteiger partial charge on any atom is -0.481 e. The molecule has 0 aromatic heterocycles. The van der Waals surface area contributed by atoms with E-state index in [4.69, 9.17) is 14.2 Å². The van der Waals surface area contributed by atoms with Gasteiger partial charge in [0.05, 0.1) is 17.8 Å². The first-order valence-electron chi connectivity index (χ1n) is 10.2. The summed E-state index contributed by atoms with van der Waals surface area (Å²) in [5, 5.41) is 9.52. The van der Waals surface area contributed by atoms with Crippen LogP contribution in [0.5, 0.6) is 0 Å². The van der Waals surface area contributed by atoms with E-state index in [1.54, 1.807) is 13.8 Å². The van der Waals surface area contributed by atoms with E-state index in [9.17, 15) is 24.3 Å². The molecule has 3 rings (SSSR count). The fourth-order valence-corrected chi connectivity index (χ4v) is 4.89. The highest BCUT2D eigenvalue weighted by molar-refractivity contribution is 5.87. The van der Waals surface area contributed by atoms with Crippen LogP contribution in [-0.2, 0) is 33.4 Å². The second-order valence-corrected chi connectivity index (χ2v) is 8.45. The summed E-state index contributed by atoms with van der Waals surface area (Å²) in [5.74, 6) is -4.96. The predicted molar refractivity (Wildman–Crippen MR) is 99.4 cm³/mol. The van der Waals surface area contributed by atoms with Crippen LogP contribution < -0.4 is 0 Å². The van der Waals surface area contributed by atoms with E-state index in [0.717, 1.165) is 0 Å². The van der Waals surface area contributed by atoms with Crippen molar-refractivity contribution >= 4 is 23.9 Å². The third-order valence-corrected chi connectivity index (χ3v) is 6.48. The second kappa shape index (κ2) is 8.16. The first-order valence-corrected chi connectivity index (χ1v) is 10.2. The first kappa shape index (κ1) is 21.3. The van der Waals surface area contributed by atoms with Crippen molar-refractivity contribution in [2.75, 3.05) is 0 Å².